The van der Waals surface area contributed by atoms with Crippen LogP contribution in [0.2, 0.25) is 0 Å². The third-order valence-electron chi connectivity index (χ3n) is 1.73. The van der Waals surface area contributed by atoms with E-state index in [4.69, 9.17) is 9.63 Å². The van der Waals surface area contributed by atoms with Gasteiger partial charge in [0.1, 0.15) is 5.76 Å². The van der Waals surface area contributed by atoms with Crippen LogP contribution >= 0.6 is 0 Å². The highest BCUT2D eigenvalue weighted by Gasteiger charge is 2.22. The van der Waals surface area contributed by atoms with E-state index in [1.807, 2.05) is 20.8 Å². The Balaban J connectivity index is 2.74. The zero-order valence-electron chi connectivity index (χ0n) is 8.81. The van der Waals surface area contributed by atoms with E-state index in [0.29, 0.717) is 5.76 Å². The van der Waals surface area contributed by atoms with Crippen molar-refractivity contribution in [3.05, 3.63) is 17.5 Å². The first-order valence-corrected chi connectivity index (χ1v) is 5.70. The van der Waals surface area contributed by atoms with E-state index >= 15 is 0 Å². The molecule has 0 aliphatic heterocycles. The van der Waals surface area contributed by atoms with E-state index in [2.05, 4.69) is 5.16 Å². The Bertz CT molecular complexity index is 391. The number of rotatable bonds is 3. The first kappa shape index (κ1) is 11.9. The number of nitrogens with zero attached hydrogens (tertiary/aromatic N) is 1. The van der Waals surface area contributed by atoms with Crippen molar-refractivity contribution >= 4 is 16.8 Å². The molecule has 5 nitrogen and oxygen atoms in total. The predicted molar refractivity (Wildman–Crippen MR) is 55.1 cm³/mol. The monoisotopic (exact) mass is 231 g/mol. The molecule has 1 unspecified atom stereocenters. The summed E-state index contributed by atoms with van der Waals surface area (Å²) in [5, 5.41) is 11.9. The molecule has 15 heavy (non-hydrogen) atoms. The van der Waals surface area contributed by atoms with Gasteiger partial charge in [0.25, 0.3) is 0 Å². The van der Waals surface area contributed by atoms with Crippen LogP contribution in [0.5, 0.6) is 0 Å². The number of hydrogen-bond acceptors (Lipinski definition) is 4. The van der Waals surface area contributed by atoms with Crippen molar-refractivity contribution in [2.24, 2.45) is 0 Å². The van der Waals surface area contributed by atoms with Gasteiger partial charge in [-0.05, 0) is 20.8 Å². The first-order valence-electron chi connectivity index (χ1n) is 4.38. The summed E-state index contributed by atoms with van der Waals surface area (Å²) in [4.78, 5) is 10.5. The fraction of sp³-hybridized carbons (Fsp3) is 0.556. The second-order valence-electron chi connectivity index (χ2n) is 4.09. The fourth-order valence-corrected chi connectivity index (χ4v) is 1.65. The topological polar surface area (TPSA) is 80.4 Å². The number of hydrogen-bond donors (Lipinski definition) is 1. The van der Waals surface area contributed by atoms with Crippen LogP contribution in [-0.2, 0) is 16.6 Å². The van der Waals surface area contributed by atoms with Crippen molar-refractivity contribution in [2.45, 2.75) is 31.3 Å². The van der Waals surface area contributed by atoms with Gasteiger partial charge in [-0.15, -0.1) is 0 Å². The third-order valence-corrected chi connectivity index (χ3v) is 3.65. The van der Waals surface area contributed by atoms with Gasteiger partial charge in [0.15, 0.2) is 5.69 Å². The summed E-state index contributed by atoms with van der Waals surface area (Å²) in [6.07, 6.45) is 0. The van der Waals surface area contributed by atoms with Crippen molar-refractivity contribution in [3.63, 3.8) is 0 Å². The van der Waals surface area contributed by atoms with Gasteiger partial charge in [-0.1, -0.05) is 5.16 Å². The molecule has 0 aliphatic rings. The largest absolute Gasteiger partial charge is 0.476 e. The smallest absolute Gasteiger partial charge is 0.358 e. The van der Waals surface area contributed by atoms with Gasteiger partial charge < -0.3 is 9.63 Å². The van der Waals surface area contributed by atoms with Crippen molar-refractivity contribution in [3.8, 4) is 0 Å². The molecule has 0 bridgehead atoms. The summed E-state index contributed by atoms with van der Waals surface area (Å²) < 4.78 is 16.1. The lowest BCUT2D eigenvalue weighted by Crippen LogP contribution is -2.22. The predicted octanol–water partition coefficient (Wildman–Crippen LogP) is 1.42. The van der Waals surface area contributed by atoms with Crippen LogP contribution in [-0.4, -0.2) is 25.2 Å². The first-order chi connectivity index (χ1) is 6.80. The maximum absolute atomic E-state index is 11.7. The lowest BCUT2D eigenvalue weighted by molar-refractivity contribution is 0.0685. The Hall–Kier alpha value is -1.17. The van der Waals surface area contributed by atoms with Crippen LogP contribution in [0.25, 0.3) is 0 Å². The standard InChI is InChI=1S/C9H13NO4S/c1-9(2,3)15(13)5-6-4-7(8(11)12)10-14-6/h4H,5H2,1-3H3,(H,11,12). The van der Waals surface area contributed by atoms with E-state index in [1.54, 1.807) is 0 Å². The van der Waals surface area contributed by atoms with Gasteiger partial charge in [-0.2, -0.15) is 0 Å². The highest BCUT2D eigenvalue weighted by Crippen LogP contribution is 2.16. The molecule has 0 spiro atoms. The molecule has 0 fully saturated rings. The van der Waals surface area contributed by atoms with E-state index in [0.717, 1.165) is 0 Å². The lowest BCUT2D eigenvalue weighted by Gasteiger charge is -2.15. The molecule has 0 amide bonds. The van der Waals surface area contributed by atoms with Crippen molar-refractivity contribution in [2.75, 3.05) is 0 Å². The quantitative estimate of drug-likeness (QED) is 0.850. The molecule has 0 aromatic carbocycles. The number of aromatic carboxylic acids is 1. The maximum Gasteiger partial charge on any atom is 0.358 e. The molecule has 0 saturated heterocycles. The summed E-state index contributed by atoms with van der Waals surface area (Å²) in [5.41, 5.74) is -0.157. The van der Waals surface area contributed by atoms with Gasteiger partial charge in [0.2, 0.25) is 0 Å². The molecule has 1 aromatic rings. The Morgan fingerprint density at radius 1 is 1.60 bits per heavy atom. The van der Waals surface area contributed by atoms with E-state index in [9.17, 15) is 9.00 Å². The van der Waals surface area contributed by atoms with E-state index in [1.165, 1.54) is 6.07 Å². The van der Waals surface area contributed by atoms with Gasteiger partial charge in [-0.25, -0.2) is 4.79 Å². The SMILES string of the molecule is CC(C)(C)S(=O)Cc1cc(C(=O)O)no1. The van der Waals surface area contributed by atoms with Gasteiger partial charge >= 0.3 is 5.97 Å². The van der Waals surface area contributed by atoms with Crippen molar-refractivity contribution in [1.29, 1.82) is 0 Å². The molecule has 1 atom stereocenters. The van der Waals surface area contributed by atoms with E-state index < -0.39 is 16.8 Å². The van der Waals surface area contributed by atoms with Gasteiger partial charge in [0, 0.05) is 21.6 Å². The van der Waals surface area contributed by atoms with Gasteiger partial charge in [-0.3, -0.25) is 4.21 Å². The summed E-state index contributed by atoms with van der Waals surface area (Å²) >= 11 is 0. The Kier molecular flexibility index (Phi) is 3.28. The van der Waals surface area contributed by atoms with Crippen LogP contribution in [0.4, 0.5) is 0 Å². The Labute approximate surface area is 89.9 Å². The maximum atomic E-state index is 11.7. The fourth-order valence-electron chi connectivity index (χ4n) is 0.828. The molecule has 0 aliphatic carbocycles. The second-order valence-corrected chi connectivity index (χ2v) is 6.29. The molecule has 6 heteroatoms. The Morgan fingerprint density at radius 3 is 2.60 bits per heavy atom. The highest BCUT2D eigenvalue weighted by molar-refractivity contribution is 7.85. The van der Waals surface area contributed by atoms with Crippen LogP contribution in [0, 0.1) is 0 Å². The molecule has 1 aromatic heterocycles. The zero-order chi connectivity index (χ0) is 11.6. The summed E-state index contributed by atoms with van der Waals surface area (Å²) in [7, 11) is -1.11. The van der Waals surface area contributed by atoms with Gasteiger partial charge in [0.05, 0.1) is 5.75 Å². The third kappa shape index (κ3) is 3.16. The average Bonchev–Trinajstić information content (AvgIpc) is 2.50. The second kappa shape index (κ2) is 4.14. The summed E-state index contributed by atoms with van der Waals surface area (Å²) in [6, 6.07) is 1.30. The van der Waals surface area contributed by atoms with Crippen molar-refractivity contribution < 1.29 is 18.6 Å². The molecule has 84 valence electrons. The highest BCUT2D eigenvalue weighted by atomic mass is 32.2. The van der Waals surface area contributed by atoms with Crippen LogP contribution in [0.15, 0.2) is 10.6 Å². The summed E-state index contributed by atoms with van der Waals surface area (Å²) in [6.45, 7) is 5.53. The molecule has 1 heterocycles. The molecular formula is C9H13NO4S. The minimum absolute atomic E-state index is 0.157. The molecular weight excluding hydrogens is 218 g/mol. The molecule has 0 radical (unpaired) electrons. The van der Waals surface area contributed by atoms with E-state index in [-0.39, 0.29) is 16.2 Å². The summed E-state index contributed by atoms with van der Waals surface area (Å²) in [5.74, 6) is -0.628. The van der Waals surface area contributed by atoms with Crippen LogP contribution in [0.1, 0.15) is 37.0 Å². The number of carboxylic acids is 1. The number of carbonyl (C=O) groups is 1. The molecule has 0 saturated carbocycles. The van der Waals surface area contributed by atoms with Crippen LogP contribution < -0.4 is 0 Å². The average molecular weight is 231 g/mol. The van der Waals surface area contributed by atoms with Crippen molar-refractivity contribution in [1.82, 2.24) is 5.16 Å². The number of aromatic nitrogens is 1. The molecule has 1 N–H and O–H groups in total. The van der Waals surface area contributed by atoms with Crippen LogP contribution in [0.3, 0.4) is 0 Å². The minimum atomic E-state index is -1.15. The molecule has 1 rings (SSSR count). The zero-order valence-corrected chi connectivity index (χ0v) is 9.63. The number of carboxylic acid groups (broad SMARTS) is 1. The Morgan fingerprint density at radius 2 is 2.20 bits per heavy atom. The minimum Gasteiger partial charge on any atom is -0.476 e. The normalized spacial score (nSPS) is 13.8. The lowest BCUT2D eigenvalue weighted by atomic mass is 10.3.